The summed E-state index contributed by atoms with van der Waals surface area (Å²) >= 11 is 0. The number of carboxylic acids is 2. The minimum absolute atomic E-state index is 0.368. The molecule has 1 aromatic rings. The number of hydrogen-bond donors (Lipinski definition) is 2. The molecule has 2 saturated carbocycles. The van der Waals surface area contributed by atoms with Crippen LogP contribution in [0.15, 0.2) is 18.2 Å². The first-order valence-corrected chi connectivity index (χ1v) is 11.9. The third-order valence-corrected chi connectivity index (χ3v) is 7.56. The quantitative estimate of drug-likeness (QED) is 0.329. The number of carbonyl (C=O) groups is 2. The van der Waals surface area contributed by atoms with E-state index in [1.807, 2.05) is 0 Å². The fourth-order valence-electron chi connectivity index (χ4n) is 4.87. The fourth-order valence-corrected chi connectivity index (χ4v) is 4.87. The molecule has 2 fully saturated rings. The standard InChI is InChI=1S/C26H38O4/c1-20-10-9-12-21(11-5-2-3-7-14-25(16-17-25)23(27)28)22(20)13-6-4-8-15-26(18-19-26)24(29)30/h9-10,12H,2-8,11,13-19H2,1H3,(H,27,28)(H,29,30). The molecule has 2 aliphatic rings. The minimum Gasteiger partial charge on any atom is -0.481 e. The summed E-state index contributed by atoms with van der Waals surface area (Å²) in [5, 5.41) is 18.5. The highest BCUT2D eigenvalue weighted by atomic mass is 16.4. The van der Waals surface area contributed by atoms with Crippen LogP contribution in [0.25, 0.3) is 0 Å². The number of aliphatic carboxylic acids is 2. The van der Waals surface area contributed by atoms with E-state index < -0.39 is 11.9 Å². The van der Waals surface area contributed by atoms with E-state index >= 15 is 0 Å². The van der Waals surface area contributed by atoms with Gasteiger partial charge >= 0.3 is 11.9 Å². The predicted octanol–water partition coefficient (Wildman–Crippen LogP) is 6.32. The van der Waals surface area contributed by atoms with Crippen LogP contribution >= 0.6 is 0 Å². The zero-order chi connectivity index (χ0) is 21.6. The summed E-state index contributed by atoms with van der Waals surface area (Å²) in [5.41, 5.74) is 3.57. The van der Waals surface area contributed by atoms with E-state index in [0.29, 0.717) is 0 Å². The van der Waals surface area contributed by atoms with E-state index in [1.54, 1.807) is 0 Å². The Bertz CT molecular complexity index is 743. The molecule has 30 heavy (non-hydrogen) atoms. The van der Waals surface area contributed by atoms with E-state index in [4.69, 9.17) is 0 Å². The molecule has 0 heterocycles. The van der Waals surface area contributed by atoms with E-state index in [-0.39, 0.29) is 10.8 Å². The fraction of sp³-hybridized carbons (Fsp3) is 0.692. The molecule has 0 spiro atoms. The van der Waals surface area contributed by atoms with Crippen molar-refractivity contribution < 1.29 is 19.8 Å². The Kier molecular flexibility index (Phi) is 7.60. The third kappa shape index (κ3) is 5.86. The van der Waals surface area contributed by atoms with Crippen molar-refractivity contribution >= 4 is 11.9 Å². The first kappa shape index (κ1) is 22.8. The van der Waals surface area contributed by atoms with Gasteiger partial charge < -0.3 is 10.2 Å². The number of benzene rings is 1. The van der Waals surface area contributed by atoms with Crippen LogP contribution in [0.4, 0.5) is 0 Å². The molecule has 0 unspecified atom stereocenters. The summed E-state index contributed by atoms with van der Waals surface area (Å²) in [4.78, 5) is 22.5. The van der Waals surface area contributed by atoms with Crippen molar-refractivity contribution in [2.24, 2.45) is 10.8 Å². The lowest BCUT2D eigenvalue weighted by atomic mass is 9.92. The largest absolute Gasteiger partial charge is 0.481 e. The van der Waals surface area contributed by atoms with Gasteiger partial charge in [0.25, 0.3) is 0 Å². The zero-order valence-corrected chi connectivity index (χ0v) is 18.5. The second kappa shape index (κ2) is 9.98. The van der Waals surface area contributed by atoms with Crippen LogP contribution in [0, 0.1) is 17.8 Å². The summed E-state index contributed by atoms with van der Waals surface area (Å²) in [7, 11) is 0. The van der Waals surface area contributed by atoms with E-state index in [1.165, 1.54) is 23.1 Å². The first-order chi connectivity index (χ1) is 14.4. The van der Waals surface area contributed by atoms with Gasteiger partial charge in [-0.05, 0) is 87.8 Å². The summed E-state index contributed by atoms with van der Waals surface area (Å²) in [6.45, 7) is 2.20. The first-order valence-electron chi connectivity index (χ1n) is 11.9. The third-order valence-electron chi connectivity index (χ3n) is 7.56. The number of carboxylic acid groups (broad SMARTS) is 2. The van der Waals surface area contributed by atoms with Gasteiger partial charge in [0.15, 0.2) is 0 Å². The number of rotatable bonds is 15. The van der Waals surface area contributed by atoms with E-state index in [9.17, 15) is 19.8 Å². The predicted molar refractivity (Wildman–Crippen MR) is 119 cm³/mol. The summed E-state index contributed by atoms with van der Waals surface area (Å²) in [6.07, 6.45) is 15.1. The molecule has 2 N–H and O–H groups in total. The summed E-state index contributed by atoms with van der Waals surface area (Å²) in [6, 6.07) is 6.61. The van der Waals surface area contributed by atoms with E-state index in [0.717, 1.165) is 89.9 Å². The zero-order valence-electron chi connectivity index (χ0n) is 18.5. The SMILES string of the molecule is Cc1cccc(CCCCCCC2(C(=O)O)CC2)c1CCCCCC1(C(=O)O)CC1. The van der Waals surface area contributed by atoms with Gasteiger partial charge in [-0.15, -0.1) is 0 Å². The average Bonchev–Trinajstić information content (AvgIpc) is 3.61. The molecule has 0 radical (unpaired) electrons. The lowest BCUT2D eigenvalue weighted by Gasteiger charge is -2.14. The van der Waals surface area contributed by atoms with Crippen molar-refractivity contribution in [1.29, 1.82) is 0 Å². The lowest BCUT2D eigenvalue weighted by Crippen LogP contribution is -2.14. The van der Waals surface area contributed by atoms with Crippen LogP contribution in [-0.4, -0.2) is 22.2 Å². The molecular weight excluding hydrogens is 376 g/mol. The maximum absolute atomic E-state index is 11.3. The maximum atomic E-state index is 11.3. The lowest BCUT2D eigenvalue weighted by molar-refractivity contribution is -0.144. The van der Waals surface area contributed by atoms with Crippen LogP contribution in [0.5, 0.6) is 0 Å². The van der Waals surface area contributed by atoms with Gasteiger partial charge in [-0.3, -0.25) is 9.59 Å². The normalized spacial score (nSPS) is 18.2. The second-order valence-electron chi connectivity index (χ2n) is 9.86. The van der Waals surface area contributed by atoms with Crippen molar-refractivity contribution in [1.82, 2.24) is 0 Å². The average molecular weight is 415 g/mol. The Hall–Kier alpha value is -1.84. The van der Waals surface area contributed by atoms with E-state index in [2.05, 4.69) is 25.1 Å². The topological polar surface area (TPSA) is 74.6 Å². The molecule has 0 saturated heterocycles. The van der Waals surface area contributed by atoms with Crippen LogP contribution < -0.4 is 0 Å². The molecule has 4 heteroatoms. The van der Waals surface area contributed by atoms with Crippen LogP contribution in [0.2, 0.25) is 0 Å². The highest BCUT2D eigenvalue weighted by Crippen LogP contribution is 2.50. The molecule has 0 atom stereocenters. The van der Waals surface area contributed by atoms with Crippen molar-refractivity contribution in [2.45, 2.75) is 103 Å². The Morgan fingerprint density at radius 2 is 1.27 bits per heavy atom. The molecule has 0 aromatic heterocycles. The van der Waals surface area contributed by atoms with Gasteiger partial charge in [0.1, 0.15) is 0 Å². The Morgan fingerprint density at radius 3 is 1.80 bits per heavy atom. The van der Waals surface area contributed by atoms with Crippen molar-refractivity contribution in [2.75, 3.05) is 0 Å². The van der Waals surface area contributed by atoms with Gasteiger partial charge in [0, 0.05) is 0 Å². The smallest absolute Gasteiger partial charge is 0.309 e. The molecule has 0 bridgehead atoms. The highest BCUT2D eigenvalue weighted by Gasteiger charge is 2.49. The Balaban J connectivity index is 1.34. The number of unbranched alkanes of at least 4 members (excludes halogenated alkanes) is 5. The number of hydrogen-bond acceptors (Lipinski definition) is 2. The highest BCUT2D eigenvalue weighted by molar-refractivity contribution is 5.78. The molecule has 166 valence electrons. The van der Waals surface area contributed by atoms with Crippen molar-refractivity contribution in [3.63, 3.8) is 0 Å². The van der Waals surface area contributed by atoms with Gasteiger partial charge in [-0.1, -0.05) is 50.3 Å². The summed E-state index contributed by atoms with van der Waals surface area (Å²) < 4.78 is 0. The molecule has 2 aliphatic carbocycles. The summed E-state index contributed by atoms with van der Waals surface area (Å²) in [5.74, 6) is -1.19. The van der Waals surface area contributed by atoms with Gasteiger partial charge in [-0.25, -0.2) is 0 Å². The molecule has 3 rings (SSSR count). The molecular formula is C26H38O4. The second-order valence-corrected chi connectivity index (χ2v) is 9.86. The monoisotopic (exact) mass is 414 g/mol. The van der Waals surface area contributed by atoms with Gasteiger partial charge in [0.2, 0.25) is 0 Å². The van der Waals surface area contributed by atoms with Crippen molar-refractivity contribution in [3.05, 3.63) is 34.9 Å². The number of aryl methyl sites for hydroxylation is 2. The van der Waals surface area contributed by atoms with Gasteiger partial charge in [0.05, 0.1) is 10.8 Å². The maximum Gasteiger partial charge on any atom is 0.309 e. The molecule has 0 aliphatic heterocycles. The Morgan fingerprint density at radius 1 is 0.767 bits per heavy atom. The molecule has 0 amide bonds. The van der Waals surface area contributed by atoms with Crippen LogP contribution in [0.3, 0.4) is 0 Å². The Labute approximate surface area is 181 Å². The van der Waals surface area contributed by atoms with Crippen LogP contribution in [-0.2, 0) is 22.4 Å². The minimum atomic E-state index is -0.598. The van der Waals surface area contributed by atoms with Crippen LogP contribution in [0.1, 0.15) is 100 Å². The van der Waals surface area contributed by atoms with Crippen molar-refractivity contribution in [3.8, 4) is 0 Å². The molecule has 4 nitrogen and oxygen atoms in total. The molecule has 1 aromatic carbocycles. The van der Waals surface area contributed by atoms with Gasteiger partial charge in [-0.2, -0.15) is 0 Å².